The zero-order chi connectivity index (χ0) is 23.9. The van der Waals surface area contributed by atoms with Gasteiger partial charge < -0.3 is 16.0 Å². The second-order valence-electron chi connectivity index (χ2n) is 6.97. The number of thiazole rings is 1. The maximum absolute atomic E-state index is 12.5. The average Bonchev–Trinajstić information content (AvgIpc) is 3.26. The fourth-order valence-corrected chi connectivity index (χ4v) is 5.16. The molecule has 1 heterocycles. The number of thiocarbonyl (C=S) groups is 1. The Kier molecular flexibility index (Phi) is 8.42. The molecule has 0 radical (unpaired) electrons. The van der Waals surface area contributed by atoms with Gasteiger partial charge in [0.15, 0.2) is 10.2 Å². The summed E-state index contributed by atoms with van der Waals surface area (Å²) in [5.74, 6) is 0.0972. The van der Waals surface area contributed by atoms with Gasteiger partial charge in [-0.2, -0.15) is 0 Å². The lowest BCUT2D eigenvalue weighted by atomic mass is 10.2. The van der Waals surface area contributed by atoms with E-state index in [0.717, 1.165) is 21.8 Å². The monoisotopic (exact) mass is 544 g/mol. The minimum absolute atomic E-state index is 0.146. The molecule has 34 heavy (non-hydrogen) atoms. The van der Waals surface area contributed by atoms with Crippen LogP contribution in [0.5, 0.6) is 0 Å². The molecular formula is C24H18Cl2N4OS3. The van der Waals surface area contributed by atoms with E-state index >= 15 is 0 Å². The second kappa shape index (κ2) is 11.7. The number of carbonyl (C=O) groups is 1. The van der Waals surface area contributed by atoms with Crippen LogP contribution in [0.1, 0.15) is 0 Å². The van der Waals surface area contributed by atoms with Crippen LogP contribution < -0.4 is 16.0 Å². The van der Waals surface area contributed by atoms with Gasteiger partial charge in [0.2, 0.25) is 5.91 Å². The molecule has 0 aliphatic heterocycles. The summed E-state index contributed by atoms with van der Waals surface area (Å²) < 4.78 is 0. The van der Waals surface area contributed by atoms with Crippen molar-refractivity contribution in [3.63, 3.8) is 0 Å². The van der Waals surface area contributed by atoms with Gasteiger partial charge in [0, 0.05) is 32.2 Å². The molecule has 0 spiro atoms. The van der Waals surface area contributed by atoms with Crippen LogP contribution in [0, 0.1) is 0 Å². The number of amides is 1. The van der Waals surface area contributed by atoms with Crippen molar-refractivity contribution in [3.05, 3.63) is 88.2 Å². The molecule has 0 saturated heterocycles. The number of halogens is 2. The summed E-state index contributed by atoms with van der Waals surface area (Å²) in [6.45, 7) is 0. The smallest absolute Gasteiger partial charge is 0.236 e. The molecule has 10 heteroatoms. The largest absolute Gasteiger partial charge is 0.332 e. The summed E-state index contributed by atoms with van der Waals surface area (Å²) in [4.78, 5) is 17.9. The molecule has 0 aliphatic carbocycles. The highest BCUT2D eigenvalue weighted by Gasteiger charge is 2.11. The Balaban J connectivity index is 1.29. The third kappa shape index (κ3) is 6.94. The van der Waals surface area contributed by atoms with Crippen LogP contribution in [0.3, 0.4) is 0 Å². The SMILES string of the molecule is O=C(CSc1cccc(NC(=S)Nc2ccccc2)c1)Nc1nc(-c2ccc(Cl)cc2Cl)cs1. The maximum Gasteiger partial charge on any atom is 0.236 e. The van der Waals surface area contributed by atoms with Gasteiger partial charge in [0.05, 0.1) is 16.5 Å². The predicted octanol–water partition coefficient (Wildman–Crippen LogP) is 7.66. The lowest BCUT2D eigenvalue weighted by Crippen LogP contribution is -2.19. The van der Waals surface area contributed by atoms with Crippen LogP contribution >= 0.6 is 58.5 Å². The number of carbonyl (C=O) groups excluding carboxylic acids is 1. The van der Waals surface area contributed by atoms with Crippen molar-refractivity contribution >= 4 is 86.0 Å². The predicted molar refractivity (Wildman–Crippen MR) is 150 cm³/mol. The van der Waals surface area contributed by atoms with E-state index in [0.29, 0.717) is 26.0 Å². The Labute approximate surface area is 220 Å². The van der Waals surface area contributed by atoms with Crippen LogP contribution in [0.2, 0.25) is 10.0 Å². The number of nitrogens with one attached hydrogen (secondary N) is 3. The van der Waals surface area contributed by atoms with Gasteiger partial charge in [-0.25, -0.2) is 4.98 Å². The molecule has 172 valence electrons. The number of hydrogen-bond acceptors (Lipinski definition) is 5. The summed E-state index contributed by atoms with van der Waals surface area (Å²) in [7, 11) is 0. The van der Waals surface area contributed by atoms with Crippen molar-refractivity contribution in [2.24, 2.45) is 0 Å². The third-order valence-corrected chi connectivity index (χ3v) is 6.95. The van der Waals surface area contributed by atoms with Gasteiger partial charge in [0.1, 0.15) is 0 Å². The molecule has 4 aromatic rings. The van der Waals surface area contributed by atoms with E-state index in [1.165, 1.54) is 23.1 Å². The molecule has 0 unspecified atom stereocenters. The van der Waals surface area contributed by atoms with Crippen molar-refractivity contribution in [2.75, 3.05) is 21.7 Å². The number of aromatic nitrogens is 1. The zero-order valence-electron chi connectivity index (χ0n) is 17.5. The number of anilines is 3. The number of thioether (sulfide) groups is 1. The molecule has 0 saturated carbocycles. The van der Waals surface area contributed by atoms with E-state index in [1.54, 1.807) is 12.1 Å². The Morgan fingerprint density at radius 3 is 2.50 bits per heavy atom. The maximum atomic E-state index is 12.5. The van der Waals surface area contributed by atoms with Crippen molar-refractivity contribution in [1.82, 2.24) is 4.98 Å². The fraction of sp³-hybridized carbons (Fsp3) is 0.0417. The van der Waals surface area contributed by atoms with Gasteiger partial charge >= 0.3 is 0 Å². The second-order valence-corrected chi connectivity index (χ2v) is 10.1. The first kappa shape index (κ1) is 24.5. The van der Waals surface area contributed by atoms with E-state index in [4.69, 9.17) is 35.4 Å². The molecule has 0 aliphatic rings. The zero-order valence-corrected chi connectivity index (χ0v) is 21.5. The number of para-hydroxylation sites is 1. The molecule has 1 amide bonds. The van der Waals surface area contributed by atoms with Crippen LogP contribution in [0.15, 0.2) is 83.1 Å². The van der Waals surface area contributed by atoms with Crippen molar-refractivity contribution in [1.29, 1.82) is 0 Å². The van der Waals surface area contributed by atoms with E-state index in [-0.39, 0.29) is 11.7 Å². The van der Waals surface area contributed by atoms with Gasteiger partial charge in [-0.3, -0.25) is 4.79 Å². The quantitative estimate of drug-likeness (QED) is 0.164. The normalized spacial score (nSPS) is 10.5. The summed E-state index contributed by atoms with van der Waals surface area (Å²) in [5, 5.41) is 13.1. The lowest BCUT2D eigenvalue weighted by Gasteiger charge is -2.11. The minimum atomic E-state index is -0.146. The standard InChI is InChI=1S/C24H18Cl2N4OS3/c25-15-9-10-19(20(26)11-15)21-13-34-24(29-21)30-22(31)14-33-18-8-4-7-17(12-18)28-23(32)27-16-5-2-1-3-6-16/h1-13H,14H2,(H2,27,28,32)(H,29,30,31). The average molecular weight is 546 g/mol. The molecule has 4 rings (SSSR count). The first-order chi connectivity index (χ1) is 16.5. The summed E-state index contributed by atoms with van der Waals surface area (Å²) in [6, 6.07) is 22.7. The number of nitrogens with zero attached hydrogens (tertiary/aromatic N) is 1. The van der Waals surface area contributed by atoms with Crippen LogP contribution in [-0.2, 0) is 4.79 Å². The highest BCUT2D eigenvalue weighted by molar-refractivity contribution is 8.00. The van der Waals surface area contributed by atoms with Gasteiger partial charge in [-0.1, -0.05) is 47.5 Å². The molecule has 5 nitrogen and oxygen atoms in total. The fourth-order valence-electron chi connectivity index (χ4n) is 2.93. The highest BCUT2D eigenvalue weighted by atomic mass is 35.5. The van der Waals surface area contributed by atoms with E-state index in [1.807, 2.05) is 66.0 Å². The lowest BCUT2D eigenvalue weighted by molar-refractivity contribution is -0.113. The summed E-state index contributed by atoms with van der Waals surface area (Å²) in [6.07, 6.45) is 0. The van der Waals surface area contributed by atoms with Crippen LogP contribution in [-0.4, -0.2) is 21.8 Å². The van der Waals surface area contributed by atoms with E-state index in [9.17, 15) is 4.79 Å². The Bertz CT molecular complexity index is 1310. The molecule has 0 fully saturated rings. The van der Waals surface area contributed by atoms with E-state index < -0.39 is 0 Å². The minimum Gasteiger partial charge on any atom is -0.332 e. The summed E-state index contributed by atoms with van der Waals surface area (Å²) >= 11 is 20.4. The number of benzene rings is 3. The Morgan fingerprint density at radius 1 is 0.941 bits per heavy atom. The van der Waals surface area contributed by atoms with Crippen LogP contribution in [0.25, 0.3) is 11.3 Å². The summed E-state index contributed by atoms with van der Waals surface area (Å²) in [5.41, 5.74) is 3.20. The Hall–Kier alpha value is -2.62. The molecule has 3 N–H and O–H groups in total. The molecule has 0 bridgehead atoms. The van der Waals surface area contributed by atoms with Crippen LogP contribution in [0.4, 0.5) is 16.5 Å². The first-order valence-electron chi connectivity index (χ1n) is 10.0. The van der Waals surface area contributed by atoms with E-state index in [2.05, 4.69) is 20.9 Å². The van der Waals surface area contributed by atoms with Crippen molar-refractivity contribution in [2.45, 2.75) is 4.90 Å². The van der Waals surface area contributed by atoms with Gasteiger partial charge in [-0.05, 0) is 60.7 Å². The number of hydrogen-bond donors (Lipinski definition) is 3. The highest BCUT2D eigenvalue weighted by Crippen LogP contribution is 2.32. The van der Waals surface area contributed by atoms with Crippen molar-refractivity contribution in [3.8, 4) is 11.3 Å². The number of rotatable bonds is 7. The molecule has 0 atom stereocenters. The van der Waals surface area contributed by atoms with Gasteiger partial charge in [-0.15, -0.1) is 23.1 Å². The molecular weight excluding hydrogens is 527 g/mol. The molecule has 3 aromatic carbocycles. The Morgan fingerprint density at radius 2 is 1.71 bits per heavy atom. The van der Waals surface area contributed by atoms with Crippen molar-refractivity contribution < 1.29 is 4.79 Å². The topological polar surface area (TPSA) is 66.1 Å². The molecule has 1 aromatic heterocycles. The third-order valence-electron chi connectivity index (χ3n) is 4.45. The first-order valence-corrected chi connectivity index (χ1v) is 13.1. The van der Waals surface area contributed by atoms with Gasteiger partial charge in [0.25, 0.3) is 0 Å².